The summed E-state index contributed by atoms with van der Waals surface area (Å²) in [5.74, 6) is 0.355. The number of nitrogens with zero attached hydrogens (tertiary/aromatic N) is 5. The Bertz CT molecular complexity index is 889. The van der Waals surface area contributed by atoms with Gasteiger partial charge in [-0.1, -0.05) is 12.1 Å². The van der Waals surface area contributed by atoms with Gasteiger partial charge in [0.2, 0.25) is 0 Å². The first-order valence-electron chi connectivity index (χ1n) is 5.85. The minimum absolute atomic E-state index is 0.0742. The van der Waals surface area contributed by atoms with E-state index in [1.165, 1.54) is 10.8 Å². The predicted octanol–water partition coefficient (Wildman–Crippen LogP) is 2.34. The monoisotopic (exact) mass is 289 g/mol. The zero-order chi connectivity index (χ0) is 14.4. The summed E-state index contributed by atoms with van der Waals surface area (Å²) in [6, 6.07) is 7.66. The largest absolute Gasteiger partial charge is 0.358 e. The first kappa shape index (κ1) is 12.5. The fourth-order valence-electron chi connectivity index (χ4n) is 2.25. The van der Waals surface area contributed by atoms with E-state index in [0.29, 0.717) is 10.7 Å². The van der Waals surface area contributed by atoms with Crippen LogP contribution in [0.15, 0.2) is 30.5 Å². The fraction of sp³-hybridized carbons (Fsp3) is 0.167. The van der Waals surface area contributed by atoms with Crippen molar-refractivity contribution in [3.8, 4) is 5.95 Å². The van der Waals surface area contributed by atoms with Crippen LogP contribution in [0.5, 0.6) is 0 Å². The maximum Gasteiger partial charge on any atom is 0.344 e. The van der Waals surface area contributed by atoms with Crippen molar-refractivity contribution in [1.82, 2.24) is 18.7 Å². The van der Waals surface area contributed by atoms with Gasteiger partial charge in [-0.2, -0.15) is 9.55 Å². The molecule has 20 heavy (non-hydrogen) atoms. The van der Waals surface area contributed by atoms with Crippen LogP contribution in [0, 0.1) is 14.9 Å². The second kappa shape index (κ2) is 4.27. The molecule has 102 valence electrons. The molecule has 3 rings (SSSR count). The molecular formula is C12H11N5O2S. The van der Waals surface area contributed by atoms with Gasteiger partial charge < -0.3 is 14.7 Å². The molecule has 2 heterocycles. The molecule has 0 saturated heterocycles. The number of benzene rings is 1. The molecule has 1 aromatic carbocycles. The summed E-state index contributed by atoms with van der Waals surface area (Å²) in [6.45, 7) is 0. The Morgan fingerprint density at radius 3 is 2.45 bits per heavy atom. The molecule has 7 nitrogen and oxygen atoms in total. The Balaban J connectivity index is 2.39. The molecule has 0 aliphatic heterocycles. The molecule has 0 unspecified atom stereocenters. The summed E-state index contributed by atoms with van der Waals surface area (Å²) in [5, 5.41) is 10.9. The van der Waals surface area contributed by atoms with Crippen LogP contribution in [-0.4, -0.2) is 23.6 Å². The van der Waals surface area contributed by atoms with E-state index < -0.39 is 4.92 Å². The van der Waals surface area contributed by atoms with Gasteiger partial charge in [-0.15, -0.1) is 0 Å². The smallest absolute Gasteiger partial charge is 0.344 e. The molecule has 0 atom stereocenters. The Labute approximate surface area is 118 Å². The first-order chi connectivity index (χ1) is 9.52. The third-order valence-electron chi connectivity index (χ3n) is 3.29. The van der Waals surface area contributed by atoms with E-state index in [9.17, 15) is 10.1 Å². The van der Waals surface area contributed by atoms with Crippen molar-refractivity contribution < 1.29 is 4.92 Å². The average Bonchev–Trinajstić information content (AvgIpc) is 2.91. The predicted molar refractivity (Wildman–Crippen MR) is 76.5 cm³/mol. The van der Waals surface area contributed by atoms with Crippen molar-refractivity contribution in [2.45, 2.75) is 0 Å². The lowest BCUT2D eigenvalue weighted by Crippen LogP contribution is -2.06. The minimum atomic E-state index is -0.467. The van der Waals surface area contributed by atoms with Crippen LogP contribution in [0.1, 0.15) is 0 Å². The Morgan fingerprint density at radius 2 is 1.85 bits per heavy atom. The lowest BCUT2D eigenvalue weighted by atomic mass is 10.3. The summed E-state index contributed by atoms with van der Waals surface area (Å²) in [4.78, 5) is 14.6. The summed E-state index contributed by atoms with van der Waals surface area (Å²) in [5.41, 5.74) is 1.81. The molecule has 0 saturated carbocycles. The van der Waals surface area contributed by atoms with E-state index in [2.05, 4.69) is 4.98 Å². The maximum absolute atomic E-state index is 10.9. The van der Waals surface area contributed by atoms with Gasteiger partial charge in [-0.05, 0) is 29.3 Å². The number of rotatable bonds is 2. The topological polar surface area (TPSA) is 70.8 Å². The Morgan fingerprint density at radius 1 is 1.20 bits per heavy atom. The van der Waals surface area contributed by atoms with Gasteiger partial charge in [-0.3, -0.25) is 0 Å². The van der Waals surface area contributed by atoms with E-state index in [-0.39, 0.29) is 5.82 Å². The highest BCUT2D eigenvalue weighted by atomic mass is 32.1. The molecule has 3 aromatic rings. The van der Waals surface area contributed by atoms with Crippen molar-refractivity contribution >= 4 is 29.1 Å². The third kappa shape index (κ3) is 1.58. The zero-order valence-electron chi connectivity index (χ0n) is 10.8. The molecule has 0 N–H and O–H groups in total. The van der Waals surface area contributed by atoms with Crippen molar-refractivity contribution in [1.29, 1.82) is 0 Å². The van der Waals surface area contributed by atoms with Gasteiger partial charge in [0.15, 0.2) is 4.77 Å². The van der Waals surface area contributed by atoms with E-state index in [1.54, 1.807) is 11.6 Å². The average molecular weight is 289 g/mol. The Kier molecular flexibility index (Phi) is 2.68. The number of fused-ring (bicyclic) bond motifs is 1. The molecule has 0 aliphatic rings. The van der Waals surface area contributed by atoms with E-state index in [4.69, 9.17) is 12.2 Å². The molecule has 0 aliphatic carbocycles. The summed E-state index contributed by atoms with van der Waals surface area (Å²) < 4.78 is 5.54. The van der Waals surface area contributed by atoms with Crippen LogP contribution in [-0.2, 0) is 14.1 Å². The van der Waals surface area contributed by atoms with Crippen molar-refractivity contribution in [3.63, 3.8) is 0 Å². The van der Waals surface area contributed by atoms with Gasteiger partial charge in [0.25, 0.3) is 0 Å². The number of aromatic nitrogens is 4. The lowest BCUT2D eigenvalue weighted by molar-refractivity contribution is -0.391. The van der Waals surface area contributed by atoms with Crippen molar-refractivity contribution in [2.75, 3.05) is 0 Å². The van der Waals surface area contributed by atoms with Gasteiger partial charge in [-0.25, -0.2) is 4.57 Å². The maximum atomic E-state index is 10.9. The number of nitro groups is 1. The van der Waals surface area contributed by atoms with E-state index in [0.717, 1.165) is 11.0 Å². The molecule has 0 fully saturated rings. The van der Waals surface area contributed by atoms with Crippen LogP contribution in [0.3, 0.4) is 0 Å². The van der Waals surface area contributed by atoms with Crippen molar-refractivity contribution in [2.24, 2.45) is 14.1 Å². The number of imidazole rings is 2. The molecule has 8 heteroatoms. The van der Waals surface area contributed by atoms with Crippen LogP contribution in [0.4, 0.5) is 5.82 Å². The number of hydrogen-bond donors (Lipinski definition) is 0. The second-order valence-electron chi connectivity index (χ2n) is 4.40. The number of para-hydroxylation sites is 2. The van der Waals surface area contributed by atoms with Gasteiger partial charge in [0.1, 0.15) is 6.20 Å². The van der Waals surface area contributed by atoms with Gasteiger partial charge >= 0.3 is 11.8 Å². The van der Waals surface area contributed by atoms with Crippen LogP contribution < -0.4 is 0 Å². The molecule has 0 radical (unpaired) electrons. The first-order valence-corrected chi connectivity index (χ1v) is 6.26. The van der Waals surface area contributed by atoms with Gasteiger partial charge in [0.05, 0.1) is 18.1 Å². The fourth-order valence-corrected chi connectivity index (χ4v) is 2.53. The zero-order valence-corrected chi connectivity index (χ0v) is 11.7. The standard InChI is InChI=1S/C12H11N5O2S/c1-14-8-5-3-4-6-9(8)16(12(14)20)11-13-7-10(15(11)2)17(18)19/h3-7H,1-2H3. The summed E-state index contributed by atoms with van der Waals surface area (Å²) in [7, 11) is 3.46. The lowest BCUT2D eigenvalue weighted by Gasteiger charge is -2.00. The molecular weight excluding hydrogens is 278 g/mol. The SMILES string of the molecule is Cn1c([N+](=O)[O-])cnc1-n1c(=S)n(C)c2ccccc21. The quantitative estimate of drug-likeness (QED) is 0.412. The second-order valence-corrected chi connectivity index (χ2v) is 4.76. The summed E-state index contributed by atoms with van der Waals surface area (Å²) in [6.07, 6.45) is 1.23. The van der Waals surface area contributed by atoms with E-state index in [1.807, 2.05) is 35.9 Å². The van der Waals surface area contributed by atoms with Crippen LogP contribution >= 0.6 is 12.2 Å². The normalized spacial score (nSPS) is 11.1. The minimum Gasteiger partial charge on any atom is -0.358 e. The van der Waals surface area contributed by atoms with Gasteiger partial charge in [0, 0.05) is 7.05 Å². The third-order valence-corrected chi connectivity index (χ3v) is 3.74. The number of hydrogen-bond acceptors (Lipinski definition) is 4. The molecule has 2 aromatic heterocycles. The van der Waals surface area contributed by atoms with Crippen molar-refractivity contribution in [3.05, 3.63) is 45.3 Å². The van der Waals surface area contributed by atoms with E-state index >= 15 is 0 Å². The highest BCUT2D eigenvalue weighted by Gasteiger charge is 2.21. The molecule has 0 spiro atoms. The molecule has 0 bridgehead atoms. The van der Waals surface area contributed by atoms with Crippen LogP contribution in [0.25, 0.3) is 17.0 Å². The highest BCUT2D eigenvalue weighted by molar-refractivity contribution is 7.71. The number of aryl methyl sites for hydroxylation is 1. The highest BCUT2D eigenvalue weighted by Crippen LogP contribution is 2.23. The van der Waals surface area contributed by atoms with Crippen LogP contribution in [0.2, 0.25) is 0 Å². The summed E-state index contributed by atoms with van der Waals surface area (Å²) >= 11 is 5.41. The molecule has 0 amide bonds. The Hall–Kier alpha value is -2.48.